The first-order valence-corrected chi connectivity index (χ1v) is 6.08. The third-order valence-electron chi connectivity index (χ3n) is 2.41. The van der Waals surface area contributed by atoms with Crippen molar-refractivity contribution in [3.63, 3.8) is 0 Å². The van der Waals surface area contributed by atoms with Crippen LogP contribution in [-0.2, 0) is 22.9 Å². The van der Waals surface area contributed by atoms with E-state index in [2.05, 4.69) is 5.32 Å². The number of nitrogens with one attached hydrogen (secondary N) is 2. The fourth-order valence-electron chi connectivity index (χ4n) is 1.64. The van der Waals surface area contributed by atoms with Crippen molar-refractivity contribution in [2.45, 2.75) is 17.9 Å². The van der Waals surface area contributed by atoms with E-state index in [1.807, 2.05) is 6.07 Å². The Morgan fingerprint density at radius 2 is 2.21 bits per heavy atom. The monoisotopic (exact) mass is 211 g/mol. The zero-order valence-electron chi connectivity index (χ0n) is 7.75. The SMILES string of the molecule is N=S(N)(=O)c1ccc2c(c1)CCNC2. The van der Waals surface area contributed by atoms with E-state index in [-0.39, 0.29) is 0 Å². The third kappa shape index (κ3) is 1.79. The maximum Gasteiger partial charge on any atom is 0.132 e. The maximum absolute atomic E-state index is 11.3. The van der Waals surface area contributed by atoms with Crippen molar-refractivity contribution < 1.29 is 4.21 Å². The van der Waals surface area contributed by atoms with Gasteiger partial charge in [-0.1, -0.05) is 6.07 Å². The molecule has 0 saturated carbocycles. The van der Waals surface area contributed by atoms with Gasteiger partial charge in [0.25, 0.3) is 0 Å². The van der Waals surface area contributed by atoms with Crippen LogP contribution in [0.4, 0.5) is 0 Å². The molecule has 0 bridgehead atoms. The fraction of sp³-hybridized carbons (Fsp3) is 0.333. The zero-order valence-corrected chi connectivity index (χ0v) is 8.56. The van der Waals surface area contributed by atoms with Crippen molar-refractivity contribution >= 4 is 9.92 Å². The maximum atomic E-state index is 11.3. The summed E-state index contributed by atoms with van der Waals surface area (Å²) in [5.74, 6) is 0. The van der Waals surface area contributed by atoms with Gasteiger partial charge in [0.05, 0.1) is 4.90 Å². The number of benzene rings is 1. The minimum Gasteiger partial charge on any atom is -0.312 e. The van der Waals surface area contributed by atoms with Crippen molar-refractivity contribution in [3.05, 3.63) is 29.3 Å². The average molecular weight is 211 g/mol. The Kier molecular flexibility index (Phi) is 2.30. The first-order chi connectivity index (χ1) is 6.57. The van der Waals surface area contributed by atoms with Gasteiger partial charge in [-0.15, -0.1) is 0 Å². The number of fused-ring (bicyclic) bond motifs is 1. The van der Waals surface area contributed by atoms with E-state index >= 15 is 0 Å². The van der Waals surface area contributed by atoms with Crippen LogP contribution in [0.15, 0.2) is 23.1 Å². The molecule has 0 aromatic heterocycles. The first kappa shape index (κ1) is 9.64. The van der Waals surface area contributed by atoms with Crippen LogP contribution in [0.25, 0.3) is 0 Å². The van der Waals surface area contributed by atoms with Gasteiger partial charge in [-0.2, -0.15) is 0 Å². The number of hydrogen-bond donors (Lipinski definition) is 3. The summed E-state index contributed by atoms with van der Waals surface area (Å²) in [5, 5.41) is 8.52. The molecule has 0 radical (unpaired) electrons. The van der Waals surface area contributed by atoms with Crippen LogP contribution in [-0.4, -0.2) is 10.8 Å². The summed E-state index contributed by atoms with van der Waals surface area (Å²) in [6, 6.07) is 5.38. The normalized spacial score (nSPS) is 19.8. The van der Waals surface area contributed by atoms with Crippen LogP contribution in [0.1, 0.15) is 11.1 Å². The summed E-state index contributed by atoms with van der Waals surface area (Å²) >= 11 is 0. The Bertz CT molecular complexity index is 453. The molecule has 1 aromatic rings. The van der Waals surface area contributed by atoms with Crippen molar-refractivity contribution in [2.75, 3.05) is 6.54 Å². The smallest absolute Gasteiger partial charge is 0.132 e. The molecule has 0 fully saturated rings. The van der Waals surface area contributed by atoms with E-state index in [4.69, 9.17) is 9.92 Å². The molecular weight excluding hydrogens is 198 g/mol. The molecule has 4 nitrogen and oxygen atoms in total. The number of nitrogens with two attached hydrogens (primary N) is 1. The number of hydrogen-bond acceptors (Lipinski definition) is 3. The molecule has 76 valence electrons. The summed E-state index contributed by atoms with van der Waals surface area (Å²) in [7, 11) is -3.06. The number of rotatable bonds is 1. The van der Waals surface area contributed by atoms with Crippen molar-refractivity contribution in [1.29, 1.82) is 4.78 Å². The Morgan fingerprint density at radius 1 is 1.43 bits per heavy atom. The van der Waals surface area contributed by atoms with Crippen LogP contribution in [0, 0.1) is 4.78 Å². The summed E-state index contributed by atoms with van der Waals surface area (Å²) in [6.07, 6.45) is 0.915. The average Bonchev–Trinajstić information content (AvgIpc) is 2.16. The van der Waals surface area contributed by atoms with Gasteiger partial charge in [-0.05, 0) is 36.2 Å². The van der Waals surface area contributed by atoms with Gasteiger partial charge in [0.1, 0.15) is 9.92 Å². The molecule has 1 heterocycles. The third-order valence-corrected chi connectivity index (χ3v) is 3.37. The predicted octanol–water partition coefficient (Wildman–Crippen LogP) is 0.612. The second kappa shape index (κ2) is 3.34. The van der Waals surface area contributed by atoms with Crippen molar-refractivity contribution in [2.24, 2.45) is 5.14 Å². The molecule has 1 aliphatic rings. The van der Waals surface area contributed by atoms with Crippen molar-refractivity contribution in [1.82, 2.24) is 5.32 Å². The Hall–Kier alpha value is -0.910. The molecule has 14 heavy (non-hydrogen) atoms. The van der Waals surface area contributed by atoms with Crippen LogP contribution < -0.4 is 10.5 Å². The van der Waals surface area contributed by atoms with Crippen LogP contribution >= 0.6 is 0 Å². The zero-order chi connectivity index (χ0) is 10.2. The van der Waals surface area contributed by atoms with Gasteiger partial charge in [0, 0.05) is 6.54 Å². The lowest BCUT2D eigenvalue weighted by Gasteiger charge is -2.17. The van der Waals surface area contributed by atoms with Gasteiger partial charge in [0.15, 0.2) is 0 Å². The van der Waals surface area contributed by atoms with Crippen LogP contribution in [0.3, 0.4) is 0 Å². The molecular formula is C9H13N3OS. The molecule has 5 heteroatoms. The highest BCUT2D eigenvalue weighted by Gasteiger charge is 2.11. The Balaban J connectivity index is 2.49. The molecule has 4 N–H and O–H groups in total. The lowest BCUT2D eigenvalue weighted by atomic mass is 10.0. The van der Waals surface area contributed by atoms with E-state index in [0.717, 1.165) is 25.1 Å². The van der Waals surface area contributed by atoms with E-state index < -0.39 is 9.92 Å². The van der Waals surface area contributed by atoms with E-state index in [1.54, 1.807) is 12.1 Å². The molecule has 1 aliphatic heterocycles. The van der Waals surface area contributed by atoms with Gasteiger partial charge in [-0.3, -0.25) is 0 Å². The molecule has 2 rings (SSSR count). The van der Waals surface area contributed by atoms with Gasteiger partial charge in [-0.25, -0.2) is 14.1 Å². The summed E-state index contributed by atoms with van der Waals surface area (Å²) in [5.41, 5.74) is 2.37. The van der Waals surface area contributed by atoms with E-state index in [9.17, 15) is 4.21 Å². The Labute approximate surface area is 83.6 Å². The fourth-order valence-corrected chi connectivity index (χ4v) is 2.23. The van der Waals surface area contributed by atoms with Crippen LogP contribution in [0.2, 0.25) is 0 Å². The molecule has 1 unspecified atom stereocenters. The molecule has 1 aromatic carbocycles. The van der Waals surface area contributed by atoms with E-state index in [1.165, 1.54) is 5.56 Å². The highest BCUT2D eigenvalue weighted by Crippen LogP contribution is 2.18. The highest BCUT2D eigenvalue weighted by molar-refractivity contribution is 7.90. The van der Waals surface area contributed by atoms with Gasteiger partial charge < -0.3 is 5.32 Å². The largest absolute Gasteiger partial charge is 0.312 e. The van der Waals surface area contributed by atoms with Crippen LogP contribution in [0.5, 0.6) is 0 Å². The lowest BCUT2D eigenvalue weighted by Crippen LogP contribution is -2.24. The lowest BCUT2D eigenvalue weighted by molar-refractivity contribution is 0.641. The van der Waals surface area contributed by atoms with Crippen molar-refractivity contribution in [3.8, 4) is 0 Å². The summed E-state index contributed by atoms with van der Waals surface area (Å²) in [6.45, 7) is 1.78. The predicted molar refractivity (Wildman–Crippen MR) is 55.2 cm³/mol. The molecule has 0 spiro atoms. The minimum atomic E-state index is -3.06. The van der Waals surface area contributed by atoms with Gasteiger partial charge in [0.2, 0.25) is 0 Å². The van der Waals surface area contributed by atoms with E-state index in [0.29, 0.717) is 4.90 Å². The minimum absolute atomic E-state index is 0.429. The highest BCUT2D eigenvalue weighted by atomic mass is 32.2. The molecule has 0 amide bonds. The topological polar surface area (TPSA) is 79.0 Å². The quantitative estimate of drug-likeness (QED) is 0.636. The second-order valence-electron chi connectivity index (χ2n) is 3.46. The second-order valence-corrected chi connectivity index (χ2v) is 5.13. The molecule has 0 aliphatic carbocycles. The first-order valence-electron chi connectivity index (χ1n) is 4.46. The summed E-state index contributed by atoms with van der Waals surface area (Å²) < 4.78 is 18.6. The molecule has 0 saturated heterocycles. The Morgan fingerprint density at radius 3 is 2.93 bits per heavy atom. The summed E-state index contributed by atoms with van der Waals surface area (Å²) in [4.78, 5) is 0.429. The van der Waals surface area contributed by atoms with Gasteiger partial charge >= 0.3 is 0 Å². The molecule has 1 atom stereocenters. The standard InChI is InChI=1S/C9H13N3OS/c10-14(11,13)9-2-1-8-6-12-4-3-7(8)5-9/h1-2,5,12H,3-4,6H2,(H3,10,11,13).